The first-order valence-electron chi connectivity index (χ1n) is 24.9. The molecule has 0 aliphatic carbocycles. The van der Waals surface area contributed by atoms with Crippen molar-refractivity contribution in [3.05, 3.63) is 95.2 Å². The minimum atomic E-state index is -0.558. The van der Waals surface area contributed by atoms with Crippen LogP contribution in [0.5, 0.6) is 11.5 Å². The molecule has 76 heavy (non-hydrogen) atoms. The largest absolute Gasteiger partial charge is 0.492 e. The molecule has 4 heterocycles. The number of hydrogen-bond acceptors (Lipinski definition) is 16. The Balaban J connectivity index is 0.000000329. The van der Waals surface area contributed by atoms with Gasteiger partial charge in [0.05, 0.1) is 53.8 Å². The van der Waals surface area contributed by atoms with E-state index in [1.165, 1.54) is 24.7 Å². The van der Waals surface area contributed by atoms with Crippen LogP contribution >= 0.6 is 45.8 Å². The zero-order valence-electron chi connectivity index (χ0n) is 44.2. The molecule has 2 fully saturated rings. The van der Waals surface area contributed by atoms with Crippen LogP contribution in [0.2, 0.25) is 10.0 Å². The second kappa shape index (κ2) is 32.1. The minimum Gasteiger partial charge on any atom is -0.492 e. The lowest BCUT2D eigenvalue weighted by atomic mass is 10.2. The molecule has 2 saturated heterocycles. The van der Waals surface area contributed by atoms with Crippen LogP contribution in [-0.4, -0.2) is 144 Å². The van der Waals surface area contributed by atoms with Gasteiger partial charge >= 0.3 is 24.1 Å². The summed E-state index contributed by atoms with van der Waals surface area (Å²) in [4.78, 5) is 77.4. The van der Waals surface area contributed by atoms with Gasteiger partial charge in [-0.1, -0.05) is 54.9 Å². The standard InChI is InChI=1S/C26H35ClN4O6.C13H19ClN4O3.C13H17IO3.CH4/c1-19(32)35-16-8-5-9-17-36-22-11-7-6-10-20(22)31-24(33)23(27)21(18-28-31)29-12-14-30(15-13-29)25(34)37-26(2,3)4;1-13(2,3)21-12(20)18-6-4-17(5-7-18)9-8-15-16-11(19)10(9)14;1-11(15)16-9-5-2-6-10-17-13-8-4-3-7-12(13)14;/h6-7,10-11,18H,5,8-9,12-17H2,1-4H3;8H,4-7H2,1-3H3,(H,16,19);3-4,7-8H,2,5-6,9-10H2,1H3;1H4. The molecule has 0 atom stereocenters. The summed E-state index contributed by atoms with van der Waals surface area (Å²) < 4.78 is 34.5. The average molecular weight is 1210 g/mol. The van der Waals surface area contributed by atoms with Crippen molar-refractivity contribution >= 4 is 81.3 Å². The first-order valence-corrected chi connectivity index (χ1v) is 26.7. The molecular formula is C53H75Cl2IN8O12. The Morgan fingerprint density at radius 3 is 1.50 bits per heavy atom. The molecular weight excluding hydrogens is 1140 g/mol. The van der Waals surface area contributed by atoms with Crippen LogP contribution in [0.4, 0.5) is 21.0 Å². The zero-order valence-corrected chi connectivity index (χ0v) is 47.8. The maximum Gasteiger partial charge on any atom is 0.410 e. The van der Waals surface area contributed by atoms with Gasteiger partial charge in [-0.15, -0.1) is 0 Å². The maximum atomic E-state index is 13.2. The molecule has 0 unspecified atom stereocenters. The number of H-pyrrole nitrogens is 1. The molecule has 2 aromatic carbocycles. The quantitative estimate of drug-likeness (QED) is 0.0450. The number of nitrogens with one attached hydrogen (secondary N) is 1. The van der Waals surface area contributed by atoms with E-state index in [1.807, 2.05) is 81.7 Å². The Morgan fingerprint density at radius 1 is 0.592 bits per heavy atom. The molecule has 0 radical (unpaired) electrons. The SMILES string of the molecule is C.CC(=O)OCCCCCOc1ccccc1-n1ncc(N2CCN(C(=O)OC(C)(C)C)CC2)c(Cl)c1=O.CC(=O)OCCCCCOc1ccccc1I.CC(C)(C)OC(=O)N1CCN(c2cn[nH]c(=O)c2Cl)CC1. The van der Waals surface area contributed by atoms with Gasteiger partial charge in [-0.3, -0.25) is 19.2 Å². The highest BCUT2D eigenvalue weighted by molar-refractivity contribution is 14.1. The van der Waals surface area contributed by atoms with Crippen LogP contribution < -0.4 is 30.4 Å². The number of anilines is 2. The van der Waals surface area contributed by atoms with Crippen molar-refractivity contribution in [1.29, 1.82) is 0 Å². The molecule has 6 rings (SSSR count). The number of amides is 2. The number of aromatic amines is 1. The van der Waals surface area contributed by atoms with E-state index in [0.29, 0.717) is 102 Å². The summed E-state index contributed by atoms with van der Waals surface area (Å²) in [7, 11) is 0. The highest BCUT2D eigenvalue weighted by Crippen LogP contribution is 2.27. The fourth-order valence-electron chi connectivity index (χ4n) is 7.20. The number of piperazine rings is 2. The summed E-state index contributed by atoms with van der Waals surface area (Å²) in [6.07, 6.45) is 7.67. The number of rotatable bonds is 17. The third-order valence-corrected chi connectivity index (χ3v) is 12.5. The summed E-state index contributed by atoms with van der Waals surface area (Å²) in [5.74, 6) is 0.968. The van der Waals surface area contributed by atoms with Crippen molar-refractivity contribution in [2.45, 2.75) is 113 Å². The van der Waals surface area contributed by atoms with Gasteiger partial charge in [-0.05, 0) is 127 Å². The lowest BCUT2D eigenvalue weighted by Gasteiger charge is -2.36. The van der Waals surface area contributed by atoms with E-state index < -0.39 is 22.3 Å². The number of benzene rings is 2. The van der Waals surface area contributed by atoms with Crippen LogP contribution in [0, 0.1) is 3.57 Å². The number of unbranched alkanes of at least 4 members (excludes halogenated alkanes) is 4. The second-order valence-corrected chi connectivity index (χ2v) is 21.2. The van der Waals surface area contributed by atoms with E-state index in [2.05, 4.69) is 37.9 Å². The predicted molar refractivity (Wildman–Crippen MR) is 303 cm³/mol. The zero-order chi connectivity index (χ0) is 55.1. The molecule has 420 valence electrons. The van der Waals surface area contributed by atoms with Crippen molar-refractivity contribution in [3.8, 4) is 17.2 Å². The van der Waals surface area contributed by atoms with Gasteiger partial charge in [0.25, 0.3) is 11.1 Å². The number of carbonyl (C=O) groups is 4. The Kier molecular flexibility index (Phi) is 27.2. The molecule has 2 aliphatic heterocycles. The van der Waals surface area contributed by atoms with E-state index >= 15 is 0 Å². The van der Waals surface area contributed by atoms with E-state index in [-0.39, 0.29) is 41.6 Å². The molecule has 23 heteroatoms. The number of nitrogens with zero attached hydrogens (tertiary/aromatic N) is 7. The Hall–Kier alpha value is -5.81. The molecule has 4 aromatic rings. The first kappa shape index (κ1) is 64.5. The fourth-order valence-corrected chi connectivity index (χ4v) is 8.20. The molecule has 0 bridgehead atoms. The Labute approximate surface area is 469 Å². The number of carbonyl (C=O) groups excluding carboxylic acids is 4. The van der Waals surface area contributed by atoms with Crippen molar-refractivity contribution in [1.82, 2.24) is 29.8 Å². The topological polar surface area (TPSA) is 217 Å². The molecule has 1 N–H and O–H groups in total. The van der Waals surface area contributed by atoms with Gasteiger partial charge < -0.3 is 48.0 Å². The highest BCUT2D eigenvalue weighted by atomic mass is 127. The van der Waals surface area contributed by atoms with Crippen molar-refractivity contribution in [2.24, 2.45) is 0 Å². The smallest absolute Gasteiger partial charge is 0.410 e. The third-order valence-electron chi connectivity index (χ3n) is 10.9. The molecule has 2 amide bonds. The summed E-state index contributed by atoms with van der Waals surface area (Å²) in [6, 6.07) is 15.1. The average Bonchev–Trinajstić information content (AvgIpc) is 3.35. The number of halogens is 3. The summed E-state index contributed by atoms with van der Waals surface area (Å²) >= 11 is 14.8. The summed E-state index contributed by atoms with van der Waals surface area (Å²) in [5.41, 5.74) is -0.321. The monoisotopic (exact) mass is 1210 g/mol. The second-order valence-electron chi connectivity index (χ2n) is 19.3. The summed E-state index contributed by atoms with van der Waals surface area (Å²) in [6.45, 7) is 20.0. The van der Waals surface area contributed by atoms with Gasteiger partial charge in [-0.25, -0.2) is 14.7 Å². The van der Waals surface area contributed by atoms with Gasteiger partial charge in [-0.2, -0.15) is 14.9 Å². The molecule has 0 spiro atoms. The van der Waals surface area contributed by atoms with E-state index in [1.54, 1.807) is 34.2 Å². The Bertz CT molecular complexity index is 2590. The van der Waals surface area contributed by atoms with E-state index in [9.17, 15) is 28.8 Å². The van der Waals surface area contributed by atoms with E-state index in [4.69, 9.17) is 51.6 Å². The fraction of sp³-hybridized carbons (Fsp3) is 0.547. The normalized spacial score (nSPS) is 13.4. The minimum absolute atomic E-state index is 0. The van der Waals surface area contributed by atoms with Gasteiger partial charge in [0.15, 0.2) is 0 Å². The lowest BCUT2D eigenvalue weighted by Crippen LogP contribution is -2.50. The van der Waals surface area contributed by atoms with Gasteiger partial charge in [0.2, 0.25) is 0 Å². The maximum absolute atomic E-state index is 13.2. The lowest BCUT2D eigenvalue weighted by molar-refractivity contribution is -0.142. The Morgan fingerprint density at radius 2 is 1.03 bits per heavy atom. The molecule has 2 aromatic heterocycles. The summed E-state index contributed by atoms with van der Waals surface area (Å²) in [5, 5.41) is 10.6. The van der Waals surface area contributed by atoms with Crippen molar-refractivity contribution in [2.75, 3.05) is 88.6 Å². The number of ether oxygens (including phenoxy) is 6. The molecule has 0 saturated carbocycles. The molecule has 20 nitrogen and oxygen atoms in total. The molecule has 2 aliphatic rings. The number of para-hydroxylation sites is 3. The van der Waals surface area contributed by atoms with Crippen molar-refractivity contribution < 1.29 is 47.6 Å². The van der Waals surface area contributed by atoms with Crippen molar-refractivity contribution in [3.63, 3.8) is 0 Å². The number of esters is 2. The van der Waals surface area contributed by atoms with Crippen LogP contribution in [-0.2, 0) is 28.5 Å². The van der Waals surface area contributed by atoms with E-state index in [0.717, 1.165) is 47.8 Å². The van der Waals surface area contributed by atoms with Crippen LogP contribution in [0.15, 0.2) is 70.5 Å². The van der Waals surface area contributed by atoms with Crippen LogP contribution in [0.25, 0.3) is 5.69 Å². The number of hydrogen-bond donors (Lipinski definition) is 1. The predicted octanol–water partition coefficient (Wildman–Crippen LogP) is 9.58. The highest BCUT2D eigenvalue weighted by Gasteiger charge is 2.29. The first-order chi connectivity index (χ1) is 35.5. The van der Waals surface area contributed by atoms with Gasteiger partial charge in [0.1, 0.15) is 38.4 Å². The third kappa shape index (κ3) is 22.4. The number of aromatic nitrogens is 4. The van der Waals surface area contributed by atoms with Crippen LogP contribution in [0.1, 0.15) is 101 Å². The van der Waals surface area contributed by atoms with Crippen LogP contribution in [0.3, 0.4) is 0 Å². The van der Waals surface area contributed by atoms with Gasteiger partial charge in [0, 0.05) is 66.2 Å².